The zero-order valence-corrected chi connectivity index (χ0v) is 18.8. The van der Waals surface area contributed by atoms with Gasteiger partial charge in [0.15, 0.2) is 5.96 Å². The van der Waals surface area contributed by atoms with Crippen LogP contribution in [0.25, 0.3) is 0 Å². The number of aryl methyl sites for hydroxylation is 1. The van der Waals surface area contributed by atoms with Gasteiger partial charge in [0, 0.05) is 51.4 Å². The maximum atomic E-state index is 13.1. The monoisotopic (exact) mass is 501 g/mol. The largest absolute Gasteiger partial charge is 0.368 e. The van der Waals surface area contributed by atoms with Crippen LogP contribution in [0.5, 0.6) is 0 Å². The number of benzene rings is 1. The fourth-order valence-corrected chi connectivity index (χ4v) is 3.26. The van der Waals surface area contributed by atoms with Crippen molar-refractivity contribution in [2.75, 3.05) is 44.2 Å². The average Bonchev–Trinajstić information content (AvgIpc) is 3.16. The van der Waals surface area contributed by atoms with E-state index in [9.17, 15) is 4.39 Å². The average molecular weight is 501 g/mol. The first-order valence-corrected chi connectivity index (χ1v) is 9.61. The molecule has 1 saturated heterocycles. The van der Waals surface area contributed by atoms with E-state index >= 15 is 0 Å². The topological polar surface area (TPSA) is 61.6 Å². The first-order valence-electron chi connectivity index (χ1n) is 9.61. The molecule has 0 atom stereocenters. The Balaban J connectivity index is 0.00000280. The van der Waals surface area contributed by atoms with Crippen LogP contribution in [0.15, 0.2) is 35.6 Å². The van der Waals surface area contributed by atoms with Crippen molar-refractivity contribution in [2.45, 2.75) is 26.8 Å². The zero-order valence-electron chi connectivity index (χ0n) is 16.5. The van der Waals surface area contributed by atoms with Gasteiger partial charge in [-0.2, -0.15) is 0 Å². The highest BCUT2D eigenvalue weighted by atomic mass is 127. The second-order valence-corrected chi connectivity index (χ2v) is 6.48. The Bertz CT molecular complexity index is 739. The fourth-order valence-electron chi connectivity index (χ4n) is 3.26. The van der Waals surface area contributed by atoms with E-state index in [0.29, 0.717) is 6.54 Å². The van der Waals surface area contributed by atoms with E-state index in [1.807, 2.05) is 12.1 Å². The minimum atomic E-state index is -0.196. The number of hydrogen-bond acceptors (Lipinski definition) is 4. The molecule has 154 valence electrons. The number of guanidine groups is 1. The summed E-state index contributed by atoms with van der Waals surface area (Å²) in [5.74, 6) is 1.74. The van der Waals surface area contributed by atoms with Gasteiger partial charge in [0.2, 0.25) is 0 Å². The third-order valence-electron chi connectivity index (χ3n) is 4.72. The third-order valence-corrected chi connectivity index (χ3v) is 4.72. The molecule has 2 aromatic rings. The van der Waals surface area contributed by atoms with Gasteiger partial charge < -0.3 is 19.7 Å². The molecule has 1 aliphatic heterocycles. The van der Waals surface area contributed by atoms with Crippen molar-refractivity contribution in [2.24, 2.45) is 4.99 Å². The van der Waals surface area contributed by atoms with Crippen LogP contribution >= 0.6 is 24.0 Å². The van der Waals surface area contributed by atoms with Gasteiger partial charge in [-0.15, -0.1) is 34.2 Å². The van der Waals surface area contributed by atoms with Crippen LogP contribution in [0.3, 0.4) is 0 Å². The van der Waals surface area contributed by atoms with Crippen LogP contribution in [0, 0.1) is 5.82 Å². The van der Waals surface area contributed by atoms with Crippen molar-refractivity contribution in [3.05, 3.63) is 42.2 Å². The number of aliphatic imine (C=N–C) groups is 1. The molecule has 0 spiro atoms. The molecule has 7 nitrogen and oxygen atoms in total. The molecular weight excluding hydrogens is 472 g/mol. The van der Waals surface area contributed by atoms with Gasteiger partial charge >= 0.3 is 0 Å². The third kappa shape index (κ3) is 5.79. The molecule has 1 aromatic heterocycles. The summed E-state index contributed by atoms with van der Waals surface area (Å²) in [5.41, 5.74) is 1.07. The molecule has 9 heteroatoms. The summed E-state index contributed by atoms with van der Waals surface area (Å²) in [4.78, 5) is 9.35. The number of anilines is 1. The predicted octanol–water partition coefficient (Wildman–Crippen LogP) is 2.39. The molecule has 2 heterocycles. The second-order valence-electron chi connectivity index (χ2n) is 6.48. The van der Waals surface area contributed by atoms with Gasteiger partial charge in [-0.1, -0.05) is 6.92 Å². The Labute approximate surface area is 183 Å². The molecule has 1 fully saturated rings. The Kier molecular flexibility index (Phi) is 8.94. The molecule has 0 bridgehead atoms. The molecule has 1 aliphatic rings. The van der Waals surface area contributed by atoms with E-state index in [2.05, 4.69) is 43.7 Å². The van der Waals surface area contributed by atoms with Gasteiger partial charge in [-0.3, -0.25) is 4.99 Å². The van der Waals surface area contributed by atoms with E-state index in [4.69, 9.17) is 4.99 Å². The van der Waals surface area contributed by atoms with Crippen molar-refractivity contribution in [1.29, 1.82) is 0 Å². The van der Waals surface area contributed by atoms with Crippen LogP contribution in [-0.4, -0.2) is 64.9 Å². The lowest BCUT2D eigenvalue weighted by molar-refractivity contribution is 0.372. The molecule has 28 heavy (non-hydrogen) atoms. The first kappa shape index (κ1) is 22.4. The molecule has 1 aromatic carbocycles. The standard InChI is InChI=1S/C19H28FN7.HI/c1-3-18-24-23-15-27(18)10-9-22-19(21-4-2)26-13-11-25(12-14-26)17-7-5-16(20)6-8-17;/h5-8,15H,3-4,9-14H2,1-2H3,(H,21,22);1H. The maximum absolute atomic E-state index is 13.1. The van der Waals surface area contributed by atoms with Crippen molar-refractivity contribution >= 4 is 35.6 Å². The second kappa shape index (κ2) is 11.2. The normalized spacial score (nSPS) is 14.8. The number of nitrogens with one attached hydrogen (secondary N) is 1. The smallest absolute Gasteiger partial charge is 0.194 e. The first-order chi connectivity index (χ1) is 13.2. The lowest BCUT2D eigenvalue weighted by atomic mass is 10.2. The molecule has 0 saturated carbocycles. The summed E-state index contributed by atoms with van der Waals surface area (Å²) in [6, 6.07) is 6.72. The number of piperazine rings is 1. The maximum Gasteiger partial charge on any atom is 0.194 e. The lowest BCUT2D eigenvalue weighted by Crippen LogP contribution is -2.52. The van der Waals surface area contributed by atoms with Gasteiger partial charge in [-0.05, 0) is 31.2 Å². The Morgan fingerprint density at radius 2 is 1.86 bits per heavy atom. The number of halogens is 2. The highest BCUT2D eigenvalue weighted by Crippen LogP contribution is 2.17. The van der Waals surface area contributed by atoms with Crippen LogP contribution in [0.4, 0.5) is 10.1 Å². The molecule has 0 amide bonds. The Morgan fingerprint density at radius 3 is 2.50 bits per heavy atom. The van der Waals surface area contributed by atoms with E-state index in [1.165, 1.54) is 12.1 Å². The minimum absolute atomic E-state index is 0. The van der Waals surface area contributed by atoms with E-state index < -0.39 is 0 Å². The van der Waals surface area contributed by atoms with Gasteiger partial charge in [0.25, 0.3) is 0 Å². The molecule has 0 radical (unpaired) electrons. The summed E-state index contributed by atoms with van der Waals surface area (Å²) in [6.07, 6.45) is 2.64. The van der Waals surface area contributed by atoms with E-state index in [0.717, 1.165) is 63.2 Å². The van der Waals surface area contributed by atoms with Crippen molar-refractivity contribution in [1.82, 2.24) is 25.0 Å². The summed E-state index contributed by atoms with van der Waals surface area (Å²) < 4.78 is 15.2. The molecular formula is C19H29FIN7. The number of aromatic nitrogens is 3. The fraction of sp³-hybridized carbons (Fsp3) is 0.526. The van der Waals surface area contributed by atoms with E-state index in [-0.39, 0.29) is 29.8 Å². The Hall–Kier alpha value is -1.91. The van der Waals surface area contributed by atoms with Crippen molar-refractivity contribution in [3.8, 4) is 0 Å². The number of nitrogens with zero attached hydrogens (tertiary/aromatic N) is 6. The summed E-state index contributed by atoms with van der Waals surface area (Å²) >= 11 is 0. The van der Waals surface area contributed by atoms with Gasteiger partial charge in [-0.25, -0.2) is 4.39 Å². The molecule has 0 unspecified atom stereocenters. The highest BCUT2D eigenvalue weighted by Gasteiger charge is 2.19. The number of rotatable bonds is 6. The SMILES string of the molecule is CCNC(=NCCn1cnnc1CC)N1CCN(c2ccc(F)cc2)CC1.I. The van der Waals surface area contributed by atoms with Crippen LogP contribution in [0.2, 0.25) is 0 Å². The summed E-state index contributed by atoms with van der Waals surface area (Å²) in [5, 5.41) is 11.5. The van der Waals surface area contributed by atoms with Gasteiger partial charge in [0.1, 0.15) is 18.0 Å². The van der Waals surface area contributed by atoms with Crippen LogP contribution < -0.4 is 10.2 Å². The molecule has 3 rings (SSSR count). The molecule has 0 aliphatic carbocycles. The van der Waals surface area contributed by atoms with Crippen LogP contribution in [-0.2, 0) is 13.0 Å². The molecule has 1 N–H and O–H groups in total. The summed E-state index contributed by atoms with van der Waals surface area (Å²) in [7, 11) is 0. The quantitative estimate of drug-likeness (QED) is 0.374. The predicted molar refractivity (Wildman–Crippen MR) is 121 cm³/mol. The van der Waals surface area contributed by atoms with Gasteiger partial charge in [0.05, 0.1) is 6.54 Å². The summed E-state index contributed by atoms with van der Waals surface area (Å²) in [6.45, 7) is 10.0. The van der Waals surface area contributed by atoms with Crippen LogP contribution in [0.1, 0.15) is 19.7 Å². The lowest BCUT2D eigenvalue weighted by Gasteiger charge is -2.37. The zero-order chi connectivity index (χ0) is 19.1. The van der Waals surface area contributed by atoms with Crippen molar-refractivity contribution in [3.63, 3.8) is 0 Å². The Morgan fingerprint density at radius 1 is 1.14 bits per heavy atom. The van der Waals surface area contributed by atoms with E-state index in [1.54, 1.807) is 6.33 Å². The minimum Gasteiger partial charge on any atom is -0.368 e. The highest BCUT2D eigenvalue weighted by molar-refractivity contribution is 14.0. The van der Waals surface area contributed by atoms with Crippen molar-refractivity contribution < 1.29 is 4.39 Å². The number of hydrogen-bond donors (Lipinski definition) is 1.